The van der Waals surface area contributed by atoms with E-state index in [1.165, 1.54) is 0 Å². The zero-order valence-corrected chi connectivity index (χ0v) is 12.4. The molecule has 0 spiro atoms. The van der Waals surface area contributed by atoms with E-state index in [1.54, 1.807) is 0 Å². The van der Waals surface area contributed by atoms with Crippen molar-refractivity contribution >= 4 is 17.9 Å². The molecule has 0 aromatic rings. The molecule has 0 aliphatic carbocycles. The maximum Gasteiger partial charge on any atom is 0.332 e. The molecule has 0 aromatic carbocycles. The van der Waals surface area contributed by atoms with E-state index in [0.29, 0.717) is 6.42 Å². The van der Waals surface area contributed by atoms with Crippen LogP contribution in [0, 0.1) is 0 Å². The lowest BCUT2D eigenvalue weighted by molar-refractivity contribution is -0.138. The third kappa shape index (κ3) is 8.83. The fourth-order valence-electron chi connectivity index (χ4n) is 2.09. The van der Waals surface area contributed by atoms with Crippen LogP contribution in [0.5, 0.6) is 0 Å². The Morgan fingerprint density at radius 1 is 0.667 bits per heavy atom. The molecule has 0 aliphatic heterocycles. The lowest BCUT2D eigenvalue weighted by Gasteiger charge is -2.08. The Morgan fingerprint density at radius 2 is 1.14 bits per heavy atom. The number of unbranched alkanes of at least 4 members (excludes halogenated alkanes) is 5. The Bertz CT molecular complexity index is 397. The average molecular weight is 300 g/mol. The van der Waals surface area contributed by atoms with Gasteiger partial charge in [-0.05, 0) is 19.3 Å². The smallest absolute Gasteiger partial charge is 0.332 e. The molecule has 0 bridgehead atoms. The van der Waals surface area contributed by atoms with Gasteiger partial charge in [0.2, 0.25) is 0 Å². The number of aliphatic carboxylic acids is 3. The van der Waals surface area contributed by atoms with Crippen molar-refractivity contribution in [3.8, 4) is 0 Å². The maximum atomic E-state index is 11.2. The summed E-state index contributed by atoms with van der Waals surface area (Å²) in [7, 11) is 0. The highest BCUT2D eigenvalue weighted by atomic mass is 16.4. The first-order valence-electron chi connectivity index (χ1n) is 7.30. The lowest BCUT2D eigenvalue weighted by atomic mass is 9.97. The molecule has 6 nitrogen and oxygen atoms in total. The topological polar surface area (TPSA) is 112 Å². The zero-order chi connectivity index (χ0) is 16.3. The number of hydrogen-bond acceptors (Lipinski definition) is 3. The largest absolute Gasteiger partial charge is 0.481 e. The number of carboxylic acid groups (broad SMARTS) is 3. The van der Waals surface area contributed by atoms with Crippen LogP contribution >= 0.6 is 0 Å². The van der Waals surface area contributed by atoms with Gasteiger partial charge in [0, 0.05) is 17.6 Å². The highest BCUT2D eigenvalue weighted by molar-refractivity contribution is 5.99. The zero-order valence-electron chi connectivity index (χ0n) is 12.4. The molecular formula is C15H24O6. The van der Waals surface area contributed by atoms with E-state index in [-0.39, 0.29) is 30.4 Å². The number of carboxylic acids is 3. The van der Waals surface area contributed by atoms with Gasteiger partial charge < -0.3 is 15.3 Å². The minimum Gasteiger partial charge on any atom is -0.481 e. The van der Waals surface area contributed by atoms with Crippen molar-refractivity contribution in [1.82, 2.24) is 0 Å². The van der Waals surface area contributed by atoms with Crippen LogP contribution in [0.25, 0.3) is 0 Å². The summed E-state index contributed by atoms with van der Waals surface area (Å²) in [5, 5.41) is 26.8. The Hall–Kier alpha value is -1.85. The van der Waals surface area contributed by atoms with E-state index in [9.17, 15) is 14.4 Å². The molecule has 0 heterocycles. The van der Waals surface area contributed by atoms with Gasteiger partial charge >= 0.3 is 17.9 Å². The van der Waals surface area contributed by atoms with Crippen LogP contribution in [0.3, 0.4) is 0 Å². The molecule has 0 rings (SSSR count). The lowest BCUT2D eigenvalue weighted by Crippen LogP contribution is -2.13. The van der Waals surface area contributed by atoms with Crippen LogP contribution in [-0.2, 0) is 14.4 Å². The maximum absolute atomic E-state index is 11.2. The molecular weight excluding hydrogens is 276 g/mol. The van der Waals surface area contributed by atoms with E-state index in [0.717, 1.165) is 32.1 Å². The van der Waals surface area contributed by atoms with Crippen LogP contribution in [0.15, 0.2) is 11.1 Å². The minimum atomic E-state index is -1.35. The van der Waals surface area contributed by atoms with Gasteiger partial charge in [0.15, 0.2) is 0 Å². The Morgan fingerprint density at radius 3 is 1.62 bits per heavy atom. The van der Waals surface area contributed by atoms with Crippen molar-refractivity contribution in [1.29, 1.82) is 0 Å². The predicted molar refractivity (Wildman–Crippen MR) is 77.2 cm³/mol. The van der Waals surface area contributed by atoms with Crippen molar-refractivity contribution in [2.75, 3.05) is 0 Å². The van der Waals surface area contributed by atoms with Crippen LogP contribution in [-0.4, -0.2) is 33.2 Å². The van der Waals surface area contributed by atoms with Crippen molar-refractivity contribution in [3.05, 3.63) is 11.1 Å². The number of hydrogen-bond donors (Lipinski definition) is 3. The molecule has 0 aromatic heterocycles. The van der Waals surface area contributed by atoms with Gasteiger partial charge in [0.25, 0.3) is 0 Å². The highest BCUT2D eigenvalue weighted by Crippen LogP contribution is 2.19. The average Bonchev–Trinajstić information content (AvgIpc) is 2.39. The molecule has 0 atom stereocenters. The molecule has 0 unspecified atom stereocenters. The van der Waals surface area contributed by atoms with E-state index in [4.69, 9.17) is 15.3 Å². The quantitative estimate of drug-likeness (QED) is 0.377. The van der Waals surface area contributed by atoms with E-state index in [2.05, 4.69) is 6.92 Å². The van der Waals surface area contributed by atoms with Crippen molar-refractivity contribution in [2.45, 2.75) is 64.7 Å². The molecule has 6 heteroatoms. The van der Waals surface area contributed by atoms with Gasteiger partial charge in [-0.15, -0.1) is 0 Å². The van der Waals surface area contributed by atoms with Gasteiger partial charge in [-0.1, -0.05) is 39.0 Å². The molecule has 0 fully saturated rings. The standard InChI is InChI=1S/C15H24O6/c1-2-3-4-5-6-7-8-11(14(18)19)12(15(20)21)9-10-13(16)17/h2-10H2,1H3,(H,16,17)(H,18,19)(H,20,21)/b12-11+. The van der Waals surface area contributed by atoms with Crippen LogP contribution in [0.4, 0.5) is 0 Å². The first kappa shape index (κ1) is 19.1. The summed E-state index contributed by atoms with van der Waals surface area (Å²) in [6, 6.07) is 0. The normalized spacial score (nSPS) is 11.9. The van der Waals surface area contributed by atoms with E-state index < -0.39 is 17.9 Å². The molecule has 3 N–H and O–H groups in total. The first-order chi connectivity index (χ1) is 9.90. The number of rotatable bonds is 12. The fraction of sp³-hybridized carbons (Fsp3) is 0.667. The Labute approximate surface area is 124 Å². The second-order valence-corrected chi connectivity index (χ2v) is 4.98. The van der Waals surface area contributed by atoms with Crippen LogP contribution < -0.4 is 0 Å². The molecule has 0 saturated carbocycles. The third-order valence-corrected chi connectivity index (χ3v) is 3.25. The summed E-state index contributed by atoms with van der Waals surface area (Å²) in [6.45, 7) is 2.10. The molecule has 21 heavy (non-hydrogen) atoms. The molecule has 0 radical (unpaired) electrons. The van der Waals surface area contributed by atoms with Crippen LogP contribution in [0.2, 0.25) is 0 Å². The monoisotopic (exact) mass is 300 g/mol. The summed E-state index contributed by atoms with van der Waals surface area (Å²) in [5.74, 6) is -3.76. The van der Waals surface area contributed by atoms with E-state index >= 15 is 0 Å². The van der Waals surface area contributed by atoms with Gasteiger partial charge in [-0.3, -0.25) is 4.79 Å². The van der Waals surface area contributed by atoms with Gasteiger partial charge in [0.05, 0.1) is 0 Å². The second-order valence-electron chi connectivity index (χ2n) is 4.98. The van der Waals surface area contributed by atoms with Gasteiger partial charge in [-0.25, -0.2) is 9.59 Å². The summed E-state index contributed by atoms with van der Waals surface area (Å²) in [6.07, 6.45) is 5.34. The van der Waals surface area contributed by atoms with Crippen molar-refractivity contribution in [3.63, 3.8) is 0 Å². The minimum absolute atomic E-state index is 0.167. The molecule has 120 valence electrons. The molecule has 0 saturated heterocycles. The van der Waals surface area contributed by atoms with E-state index in [1.807, 2.05) is 0 Å². The summed E-state index contributed by atoms with van der Waals surface area (Å²) in [4.78, 5) is 32.8. The summed E-state index contributed by atoms with van der Waals surface area (Å²) in [5.41, 5.74) is -0.460. The van der Waals surface area contributed by atoms with Gasteiger partial charge in [-0.2, -0.15) is 0 Å². The second kappa shape index (κ2) is 10.9. The predicted octanol–water partition coefficient (Wildman–Crippen LogP) is 3.07. The third-order valence-electron chi connectivity index (χ3n) is 3.25. The summed E-state index contributed by atoms with van der Waals surface area (Å²) >= 11 is 0. The Kier molecular flexibility index (Phi) is 9.92. The van der Waals surface area contributed by atoms with Crippen molar-refractivity contribution < 1.29 is 29.7 Å². The van der Waals surface area contributed by atoms with Crippen LogP contribution in [0.1, 0.15) is 64.7 Å². The van der Waals surface area contributed by atoms with Gasteiger partial charge in [0.1, 0.15) is 0 Å². The highest BCUT2D eigenvalue weighted by Gasteiger charge is 2.20. The SMILES string of the molecule is CCCCCCCC/C(C(=O)O)=C(/CCC(=O)O)C(=O)O. The first-order valence-corrected chi connectivity index (χ1v) is 7.30. The van der Waals surface area contributed by atoms with Crippen molar-refractivity contribution in [2.24, 2.45) is 0 Å². The number of carbonyl (C=O) groups is 3. The Balaban J connectivity index is 4.64. The molecule has 0 amide bonds. The fourth-order valence-corrected chi connectivity index (χ4v) is 2.09. The summed E-state index contributed by atoms with van der Waals surface area (Å²) < 4.78 is 0. The molecule has 0 aliphatic rings.